The van der Waals surface area contributed by atoms with Crippen LogP contribution in [0, 0.1) is 0 Å². The maximum atomic E-state index is 11.2. The van der Waals surface area contributed by atoms with Gasteiger partial charge in [0.05, 0.1) is 7.11 Å². The normalized spacial score (nSPS) is 12.3. The van der Waals surface area contributed by atoms with Crippen LogP contribution >= 0.6 is 15.9 Å². The van der Waals surface area contributed by atoms with Crippen molar-refractivity contribution in [3.63, 3.8) is 0 Å². The number of nitrogens with one attached hydrogen (secondary N) is 2. The molecule has 0 aliphatic heterocycles. The number of carbonyl (C=O) groups is 1. The van der Waals surface area contributed by atoms with Gasteiger partial charge in [-0.2, -0.15) is 13.1 Å². The zero-order chi connectivity index (χ0) is 11.4. The zero-order valence-electron chi connectivity index (χ0n) is 8.13. The van der Waals surface area contributed by atoms with Crippen LogP contribution in [0.5, 0.6) is 0 Å². The molecule has 0 saturated heterocycles. The summed E-state index contributed by atoms with van der Waals surface area (Å²) >= 11 is 3.14. The summed E-state index contributed by atoms with van der Waals surface area (Å²) in [7, 11) is -2.78. The standard InChI is InChI=1S/C6H13BrN2O4S/c1-6(2,4-7)9-14(11,12)8-5(10)13-3/h9H,4H2,1-3H3,(H,8,10). The van der Waals surface area contributed by atoms with Gasteiger partial charge in [-0.25, -0.2) is 9.52 Å². The van der Waals surface area contributed by atoms with Crippen molar-refractivity contribution < 1.29 is 17.9 Å². The van der Waals surface area contributed by atoms with Crippen molar-refractivity contribution in [3.05, 3.63) is 0 Å². The molecule has 0 radical (unpaired) electrons. The molecule has 0 heterocycles. The Kier molecular flexibility index (Phi) is 4.82. The van der Waals surface area contributed by atoms with E-state index < -0.39 is 21.8 Å². The summed E-state index contributed by atoms with van der Waals surface area (Å²) in [6, 6.07) is 0. The van der Waals surface area contributed by atoms with E-state index in [1.54, 1.807) is 18.6 Å². The van der Waals surface area contributed by atoms with E-state index in [0.29, 0.717) is 5.33 Å². The van der Waals surface area contributed by atoms with Crippen molar-refractivity contribution in [1.82, 2.24) is 9.44 Å². The van der Waals surface area contributed by atoms with Crippen LogP contribution in [-0.4, -0.2) is 32.5 Å². The highest BCUT2D eigenvalue weighted by atomic mass is 79.9. The van der Waals surface area contributed by atoms with Crippen molar-refractivity contribution in [2.24, 2.45) is 0 Å². The van der Waals surface area contributed by atoms with Crippen LogP contribution in [-0.2, 0) is 14.9 Å². The van der Waals surface area contributed by atoms with E-state index >= 15 is 0 Å². The summed E-state index contributed by atoms with van der Waals surface area (Å²) in [4.78, 5) is 10.6. The number of alkyl halides is 1. The van der Waals surface area contributed by atoms with Gasteiger partial charge in [0.2, 0.25) is 0 Å². The highest BCUT2D eigenvalue weighted by molar-refractivity contribution is 9.09. The smallest absolute Gasteiger partial charge is 0.421 e. The van der Waals surface area contributed by atoms with Crippen molar-refractivity contribution in [2.45, 2.75) is 19.4 Å². The first-order valence-corrected chi connectivity index (χ1v) is 6.28. The third-order valence-electron chi connectivity index (χ3n) is 1.15. The number of halogens is 1. The lowest BCUT2D eigenvalue weighted by molar-refractivity contribution is 0.177. The lowest BCUT2D eigenvalue weighted by atomic mass is 10.1. The Hall–Kier alpha value is -0.340. The van der Waals surface area contributed by atoms with Crippen molar-refractivity contribution >= 4 is 32.2 Å². The van der Waals surface area contributed by atoms with Crippen LogP contribution in [0.4, 0.5) is 4.79 Å². The highest BCUT2D eigenvalue weighted by Gasteiger charge is 2.25. The maximum absolute atomic E-state index is 11.2. The number of methoxy groups -OCH3 is 1. The number of hydrogen-bond acceptors (Lipinski definition) is 4. The topological polar surface area (TPSA) is 84.5 Å². The molecule has 6 nitrogen and oxygen atoms in total. The SMILES string of the molecule is COC(=O)NS(=O)(=O)NC(C)(C)CBr. The predicted molar refractivity (Wildman–Crippen MR) is 55.5 cm³/mol. The first kappa shape index (κ1) is 13.7. The molecule has 0 spiro atoms. The molecule has 0 aromatic heterocycles. The minimum absolute atomic E-state index is 0.419. The molecule has 0 saturated carbocycles. The second kappa shape index (κ2) is 4.94. The Morgan fingerprint density at radius 3 is 2.36 bits per heavy atom. The van der Waals surface area contributed by atoms with Gasteiger partial charge in [0.25, 0.3) is 0 Å². The van der Waals surface area contributed by atoms with Crippen LogP contribution in [0.15, 0.2) is 0 Å². The summed E-state index contributed by atoms with van der Waals surface area (Å²) in [6.07, 6.45) is -1.03. The number of carbonyl (C=O) groups excluding carboxylic acids is 1. The summed E-state index contributed by atoms with van der Waals surface area (Å²) in [6.45, 7) is 3.33. The second-order valence-corrected chi connectivity index (χ2v) is 5.19. The molecule has 0 aromatic rings. The zero-order valence-corrected chi connectivity index (χ0v) is 10.5. The fraction of sp³-hybridized carbons (Fsp3) is 0.833. The van der Waals surface area contributed by atoms with E-state index in [-0.39, 0.29) is 0 Å². The van der Waals surface area contributed by atoms with Crippen molar-refractivity contribution in [2.75, 3.05) is 12.4 Å². The molecule has 0 atom stereocenters. The van der Waals surface area contributed by atoms with Crippen LogP contribution in [0.2, 0.25) is 0 Å². The third-order valence-corrected chi connectivity index (χ3v) is 3.81. The Bertz CT molecular complexity index is 301. The summed E-state index contributed by atoms with van der Waals surface area (Å²) < 4.78 is 30.6. The number of hydrogen-bond donors (Lipinski definition) is 2. The van der Waals surface area contributed by atoms with E-state index in [2.05, 4.69) is 25.4 Å². The van der Waals surface area contributed by atoms with Gasteiger partial charge in [-0.15, -0.1) is 0 Å². The molecule has 0 unspecified atom stereocenters. The van der Waals surface area contributed by atoms with Crippen molar-refractivity contribution in [1.29, 1.82) is 0 Å². The van der Waals surface area contributed by atoms with Crippen LogP contribution in [0.3, 0.4) is 0 Å². The monoisotopic (exact) mass is 288 g/mol. The fourth-order valence-electron chi connectivity index (χ4n) is 0.568. The lowest BCUT2D eigenvalue weighted by Crippen LogP contribution is -2.51. The maximum Gasteiger partial charge on any atom is 0.421 e. The molecule has 0 fully saturated rings. The van der Waals surface area contributed by atoms with Gasteiger partial charge in [-0.1, -0.05) is 15.9 Å². The van der Waals surface area contributed by atoms with E-state index in [9.17, 15) is 13.2 Å². The van der Waals surface area contributed by atoms with Gasteiger partial charge in [0.1, 0.15) is 0 Å². The lowest BCUT2D eigenvalue weighted by Gasteiger charge is -2.22. The molecule has 1 amide bonds. The number of amides is 1. The van der Waals surface area contributed by atoms with Gasteiger partial charge in [0.15, 0.2) is 0 Å². The van der Waals surface area contributed by atoms with Crippen LogP contribution in [0.1, 0.15) is 13.8 Å². The van der Waals surface area contributed by atoms with Crippen LogP contribution in [0.25, 0.3) is 0 Å². The van der Waals surface area contributed by atoms with Gasteiger partial charge in [0, 0.05) is 10.9 Å². The number of rotatable bonds is 4. The van der Waals surface area contributed by atoms with Gasteiger partial charge >= 0.3 is 16.3 Å². The molecule has 0 aromatic carbocycles. The minimum Gasteiger partial charge on any atom is -0.452 e. The molecule has 14 heavy (non-hydrogen) atoms. The molecule has 0 rings (SSSR count). The minimum atomic E-state index is -3.87. The average molecular weight is 289 g/mol. The molecule has 2 N–H and O–H groups in total. The number of ether oxygens (including phenoxy) is 1. The highest BCUT2D eigenvalue weighted by Crippen LogP contribution is 2.06. The van der Waals surface area contributed by atoms with Gasteiger partial charge in [-0.05, 0) is 13.8 Å². The molecular formula is C6H13BrN2O4S. The first-order valence-electron chi connectivity index (χ1n) is 3.68. The predicted octanol–water partition coefficient (Wildman–Crippen LogP) is 0.350. The van der Waals surface area contributed by atoms with E-state index in [1.807, 2.05) is 0 Å². The Morgan fingerprint density at radius 1 is 1.50 bits per heavy atom. The fourth-order valence-corrected chi connectivity index (χ4v) is 2.05. The summed E-state index contributed by atoms with van der Waals surface area (Å²) in [5.41, 5.74) is -0.681. The summed E-state index contributed by atoms with van der Waals surface area (Å²) in [5.74, 6) is 0. The molecule has 0 aliphatic carbocycles. The molecular weight excluding hydrogens is 276 g/mol. The van der Waals surface area contributed by atoms with E-state index in [0.717, 1.165) is 7.11 Å². The Morgan fingerprint density at radius 2 is 2.00 bits per heavy atom. The average Bonchev–Trinajstić information content (AvgIpc) is 2.01. The quantitative estimate of drug-likeness (QED) is 0.731. The third kappa shape index (κ3) is 5.40. The molecule has 84 valence electrons. The molecule has 8 heteroatoms. The largest absolute Gasteiger partial charge is 0.452 e. The van der Waals surface area contributed by atoms with E-state index in [4.69, 9.17) is 0 Å². The Balaban J connectivity index is 4.44. The Labute approximate surface area is 91.7 Å². The van der Waals surface area contributed by atoms with Gasteiger partial charge < -0.3 is 4.74 Å². The summed E-state index contributed by atoms with van der Waals surface area (Å²) in [5, 5.41) is 0.419. The van der Waals surface area contributed by atoms with Crippen molar-refractivity contribution in [3.8, 4) is 0 Å². The first-order chi connectivity index (χ1) is 6.22. The molecule has 0 bridgehead atoms. The van der Waals surface area contributed by atoms with Gasteiger partial charge in [-0.3, -0.25) is 0 Å². The molecule has 0 aliphatic rings. The van der Waals surface area contributed by atoms with E-state index in [1.165, 1.54) is 0 Å². The van der Waals surface area contributed by atoms with Crippen LogP contribution < -0.4 is 9.44 Å². The second-order valence-electron chi connectivity index (χ2n) is 3.22.